The van der Waals surface area contributed by atoms with E-state index in [9.17, 15) is 0 Å². The highest BCUT2D eigenvalue weighted by Crippen LogP contribution is 2.28. The highest BCUT2D eigenvalue weighted by Gasteiger charge is 2.28. The Balaban J connectivity index is 1.41. The Labute approximate surface area is 167 Å². The normalized spacial score (nSPS) is 22.1. The number of nitrogens with one attached hydrogen (secondary N) is 1. The van der Waals surface area contributed by atoms with E-state index in [4.69, 9.17) is 9.73 Å². The summed E-state index contributed by atoms with van der Waals surface area (Å²) in [6.45, 7) is 8.99. The van der Waals surface area contributed by atoms with E-state index in [1.165, 1.54) is 11.1 Å². The van der Waals surface area contributed by atoms with E-state index in [1.54, 1.807) is 0 Å². The summed E-state index contributed by atoms with van der Waals surface area (Å²) < 4.78 is 7.85. The fourth-order valence-corrected chi connectivity index (χ4v) is 4.21. The Kier molecular flexibility index (Phi) is 5.84. The molecule has 28 heavy (non-hydrogen) atoms. The minimum absolute atomic E-state index is 0.441. The first-order valence-corrected chi connectivity index (χ1v) is 10.5. The molecule has 0 spiro atoms. The molecule has 1 fully saturated rings. The Bertz CT molecular complexity index is 801. The van der Waals surface area contributed by atoms with Crippen LogP contribution >= 0.6 is 0 Å². The van der Waals surface area contributed by atoms with E-state index >= 15 is 0 Å². The molecule has 2 atom stereocenters. The van der Waals surface area contributed by atoms with E-state index in [0.29, 0.717) is 12.0 Å². The molecule has 2 aliphatic rings. The first kappa shape index (κ1) is 18.8. The van der Waals surface area contributed by atoms with Crippen LogP contribution in [0.3, 0.4) is 0 Å². The highest BCUT2D eigenvalue weighted by molar-refractivity contribution is 5.80. The summed E-state index contributed by atoms with van der Waals surface area (Å²) in [4.78, 5) is 11.6. The van der Waals surface area contributed by atoms with Gasteiger partial charge in [0.2, 0.25) is 0 Å². The fraction of sp³-hybridized carbons (Fsp3) is 0.545. The second-order valence-electron chi connectivity index (χ2n) is 7.82. The Hall–Kier alpha value is -2.50. The van der Waals surface area contributed by atoms with Gasteiger partial charge in [-0.3, -0.25) is 4.99 Å². The zero-order chi connectivity index (χ0) is 19.3. The number of aromatic nitrogens is 2. The smallest absolute Gasteiger partial charge is 0.193 e. The van der Waals surface area contributed by atoms with Crippen molar-refractivity contribution in [1.82, 2.24) is 19.8 Å². The quantitative estimate of drug-likeness (QED) is 0.639. The number of ether oxygens (including phenoxy) is 1. The molecule has 6 nitrogen and oxygen atoms in total. The van der Waals surface area contributed by atoms with Crippen LogP contribution in [0.4, 0.5) is 0 Å². The number of likely N-dealkylation sites (tertiary alicyclic amines) is 1. The maximum Gasteiger partial charge on any atom is 0.193 e. The van der Waals surface area contributed by atoms with Crippen molar-refractivity contribution in [3.63, 3.8) is 0 Å². The third-order valence-corrected chi connectivity index (χ3v) is 5.88. The van der Waals surface area contributed by atoms with Crippen LogP contribution in [0.15, 0.2) is 41.9 Å². The molecule has 1 aromatic heterocycles. The number of guanidine groups is 1. The number of rotatable bonds is 5. The van der Waals surface area contributed by atoms with Gasteiger partial charge in [0.15, 0.2) is 5.96 Å². The summed E-state index contributed by atoms with van der Waals surface area (Å²) in [7, 11) is 0. The van der Waals surface area contributed by atoms with Crippen molar-refractivity contribution in [2.75, 3.05) is 32.8 Å². The molecular formula is C22H31N5O. The van der Waals surface area contributed by atoms with Gasteiger partial charge in [-0.05, 0) is 42.9 Å². The average Bonchev–Trinajstić information content (AvgIpc) is 3.39. The molecule has 1 saturated heterocycles. The topological polar surface area (TPSA) is 54.7 Å². The number of benzene rings is 1. The van der Waals surface area contributed by atoms with E-state index in [1.807, 2.05) is 12.5 Å². The zero-order valence-electron chi connectivity index (χ0n) is 17.0. The van der Waals surface area contributed by atoms with E-state index in [-0.39, 0.29) is 0 Å². The maximum absolute atomic E-state index is 5.61. The van der Waals surface area contributed by atoms with Crippen molar-refractivity contribution in [1.29, 1.82) is 0 Å². The van der Waals surface area contributed by atoms with E-state index < -0.39 is 0 Å². The van der Waals surface area contributed by atoms with Crippen LogP contribution in [-0.2, 0) is 12.8 Å². The van der Waals surface area contributed by atoms with Crippen LogP contribution < -0.4 is 10.1 Å². The SMILES string of the molecule is CCNC(=NCCc1ccc2c(c1)CCO2)N1CCC(C)C(n2ccnc2)C1. The molecular weight excluding hydrogens is 350 g/mol. The van der Waals surface area contributed by atoms with Crippen molar-refractivity contribution >= 4 is 5.96 Å². The van der Waals surface area contributed by atoms with Crippen LogP contribution in [-0.4, -0.2) is 53.2 Å². The molecule has 2 aromatic rings. The van der Waals surface area contributed by atoms with Gasteiger partial charge in [-0.2, -0.15) is 0 Å². The molecule has 3 heterocycles. The second kappa shape index (κ2) is 8.67. The van der Waals surface area contributed by atoms with Gasteiger partial charge in [-0.25, -0.2) is 4.98 Å². The van der Waals surface area contributed by atoms with Gasteiger partial charge in [0.05, 0.1) is 19.0 Å². The molecule has 2 unspecified atom stereocenters. The van der Waals surface area contributed by atoms with Crippen LogP contribution in [0, 0.1) is 5.92 Å². The van der Waals surface area contributed by atoms with Gasteiger partial charge in [-0.15, -0.1) is 0 Å². The second-order valence-corrected chi connectivity index (χ2v) is 7.82. The molecule has 0 bridgehead atoms. The number of nitrogens with zero attached hydrogens (tertiary/aromatic N) is 4. The lowest BCUT2D eigenvalue weighted by atomic mass is 9.93. The third-order valence-electron chi connectivity index (χ3n) is 5.88. The van der Waals surface area contributed by atoms with Crippen molar-refractivity contribution in [2.45, 2.75) is 39.2 Å². The van der Waals surface area contributed by atoms with Crippen LogP contribution in [0.1, 0.15) is 37.4 Å². The first-order chi connectivity index (χ1) is 13.7. The number of hydrogen-bond donors (Lipinski definition) is 1. The van der Waals surface area contributed by atoms with Gasteiger partial charge in [0, 0.05) is 45.0 Å². The predicted octanol–water partition coefficient (Wildman–Crippen LogP) is 2.91. The monoisotopic (exact) mass is 381 g/mol. The highest BCUT2D eigenvalue weighted by atomic mass is 16.5. The zero-order valence-corrected chi connectivity index (χ0v) is 17.0. The standard InChI is InChI=1S/C22H31N5O/c1-3-24-22(25-9-6-18-4-5-21-19(14-18)8-13-28-21)26-11-7-17(2)20(15-26)27-12-10-23-16-27/h4-5,10,12,14,16-17,20H,3,6-9,11,13,15H2,1-2H3,(H,24,25). The molecule has 2 aliphatic heterocycles. The molecule has 0 radical (unpaired) electrons. The van der Waals surface area contributed by atoms with Crippen LogP contribution in [0.25, 0.3) is 0 Å². The molecule has 1 aromatic carbocycles. The lowest BCUT2D eigenvalue weighted by Gasteiger charge is -2.39. The summed E-state index contributed by atoms with van der Waals surface area (Å²) in [5.74, 6) is 2.72. The minimum atomic E-state index is 0.441. The molecule has 1 N–H and O–H groups in total. The summed E-state index contributed by atoms with van der Waals surface area (Å²) >= 11 is 0. The lowest BCUT2D eigenvalue weighted by molar-refractivity contribution is 0.189. The number of aliphatic imine (C=N–C) groups is 1. The molecule has 6 heteroatoms. The van der Waals surface area contributed by atoms with Gasteiger partial charge in [0.25, 0.3) is 0 Å². The van der Waals surface area contributed by atoms with Crippen molar-refractivity contribution in [3.8, 4) is 5.75 Å². The fourth-order valence-electron chi connectivity index (χ4n) is 4.21. The Morgan fingerprint density at radius 1 is 1.39 bits per heavy atom. The van der Waals surface area contributed by atoms with Crippen LogP contribution in [0.2, 0.25) is 0 Å². The summed E-state index contributed by atoms with van der Waals surface area (Å²) in [6, 6.07) is 7.00. The first-order valence-electron chi connectivity index (χ1n) is 10.5. The van der Waals surface area contributed by atoms with Crippen molar-refractivity contribution in [2.24, 2.45) is 10.9 Å². The van der Waals surface area contributed by atoms with Gasteiger partial charge in [0.1, 0.15) is 5.75 Å². The number of piperidine rings is 1. The number of imidazole rings is 1. The van der Waals surface area contributed by atoms with E-state index in [0.717, 1.165) is 63.8 Å². The van der Waals surface area contributed by atoms with Gasteiger partial charge >= 0.3 is 0 Å². The largest absolute Gasteiger partial charge is 0.493 e. The molecule has 0 aliphatic carbocycles. The Morgan fingerprint density at radius 3 is 3.14 bits per heavy atom. The van der Waals surface area contributed by atoms with Gasteiger partial charge in [-0.1, -0.05) is 19.1 Å². The van der Waals surface area contributed by atoms with Crippen molar-refractivity contribution in [3.05, 3.63) is 48.0 Å². The van der Waals surface area contributed by atoms with E-state index in [2.05, 4.69) is 58.0 Å². The molecule has 0 amide bonds. The third kappa shape index (κ3) is 4.16. The van der Waals surface area contributed by atoms with Crippen LogP contribution in [0.5, 0.6) is 5.75 Å². The molecule has 150 valence electrons. The van der Waals surface area contributed by atoms with Crippen molar-refractivity contribution < 1.29 is 4.74 Å². The summed E-state index contributed by atoms with van der Waals surface area (Å²) in [6.07, 6.45) is 9.03. The molecule has 0 saturated carbocycles. The molecule has 4 rings (SSSR count). The Morgan fingerprint density at radius 2 is 2.32 bits per heavy atom. The lowest BCUT2D eigenvalue weighted by Crippen LogP contribution is -2.49. The number of hydrogen-bond acceptors (Lipinski definition) is 3. The summed E-state index contributed by atoms with van der Waals surface area (Å²) in [5.41, 5.74) is 2.67. The maximum atomic E-state index is 5.61. The summed E-state index contributed by atoms with van der Waals surface area (Å²) in [5, 5.41) is 3.49. The van der Waals surface area contributed by atoms with Gasteiger partial charge < -0.3 is 19.5 Å². The minimum Gasteiger partial charge on any atom is -0.493 e. The average molecular weight is 382 g/mol. The predicted molar refractivity (Wildman–Crippen MR) is 112 cm³/mol. The number of fused-ring (bicyclic) bond motifs is 1.